The highest BCUT2D eigenvalue weighted by Crippen LogP contribution is 2.34. The van der Waals surface area contributed by atoms with E-state index in [9.17, 15) is 4.79 Å². The summed E-state index contributed by atoms with van der Waals surface area (Å²) in [6, 6.07) is 5.93. The monoisotopic (exact) mass is 292 g/mol. The lowest BCUT2D eigenvalue weighted by Gasteiger charge is -2.40. The molecule has 0 saturated heterocycles. The van der Waals surface area contributed by atoms with Crippen molar-refractivity contribution < 1.29 is 14.6 Å². The van der Waals surface area contributed by atoms with Gasteiger partial charge in [0.15, 0.2) is 0 Å². The Morgan fingerprint density at radius 1 is 1.48 bits per heavy atom. The third kappa shape index (κ3) is 3.47. The Labute approximate surface area is 125 Å². The van der Waals surface area contributed by atoms with E-state index in [2.05, 4.69) is 4.90 Å². The molecule has 2 rings (SSSR count). The number of esters is 1. The Hall–Kier alpha value is -1.75. The largest absolute Gasteiger partial charge is 0.462 e. The van der Waals surface area contributed by atoms with Gasteiger partial charge in [0, 0.05) is 19.2 Å². The topological polar surface area (TPSA) is 75.8 Å². The first kappa shape index (κ1) is 15.6. The zero-order chi connectivity index (χ0) is 15.2. The Morgan fingerprint density at radius 2 is 2.24 bits per heavy atom. The molecule has 1 aliphatic carbocycles. The molecule has 21 heavy (non-hydrogen) atoms. The average molecular weight is 292 g/mol. The number of nitrogens with zero attached hydrogens (tertiary/aromatic N) is 1. The van der Waals surface area contributed by atoms with Crippen LogP contribution >= 0.6 is 0 Å². The minimum Gasteiger partial charge on any atom is -0.462 e. The maximum Gasteiger partial charge on any atom is 0.340 e. The summed E-state index contributed by atoms with van der Waals surface area (Å²) in [7, 11) is 0. The number of para-hydroxylation sites is 1. The van der Waals surface area contributed by atoms with E-state index in [0.29, 0.717) is 30.3 Å². The summed E-state index contributed by atoms with van der Waals surface area (Å²) in [5.74, 6) is -0.382. The summed E-state index contributed by atoms with van der Waals surface area (Å²) >= 11 is 0. The van der Waals surface area contributed by atoms with E-state index in [4.69, 9.17) is 15.6 Å². The van der Waals surface area contributed by atoms with Crippen LogP contribution in [0.5, 0.6) is 0 Å². The van der Waals surface area contributed by atoms with Crippen molar-refractivity contribution in [3.8, 4) is 0 Å². The Kier molecular flexibility index (Phi) is 5.44. The van der Waals surface area contributed by atoms with E-state index in [1.807, 2.05) is 12.1 Å². The average Bonchev–Trinajstić information content (AvgIpc) is 2.42. The molecule has 1 aliphatic rings. The molecule has 116 valence electrons. The third-order valence-electron chi connectivity index (χ3n) is 3.96. The van der Waals surface area contributed by atoms with Gasteiger partial charge < -0.3 is 20.5 Å². The number of hydrogen-bond donors (Lipinski definition) is 2. The number of carbonyl (C=O) groups is 1. The van der Waals surface area contributed by atoms with Crippen molar-refractivity contribution in [3.63, 3.8) is 0 Å². The molecule has 1 aromatic carbocycles. The van der Waals surface area contributed by atoms with Crippen molar-refractivity contribution >= 4 is 17.3 Å². The first-order valence-corrected chi connectivity index (χ1v) is 7.62. The SMILES string of the molecule is CCOC(=O)c1cccc(N(CCCO)C2CCC2)c1N. The van der Waals surface area contributed by atoms with Gasteiger partial charge in [-0.2, -0.15) is 0 Å². The minimum absolute atomic E-state index is 0.153. The summed E-state index contributed by atoms with van der Waals surface area (Å²) < 4.78 is 5.05. The molecular formula is C16H24N2O3. The van der Waals surface area contributed by atoms with E-state index in [1.165, 1.54) is 6.42 Å². The van der Waals surface area contributed by atoms with Crippen LogP contribution in [0.25, 0.3) is 0 Å². The van der Waals surface area contributed by atoms with Gasteiger partial charge in [0.2, 0.25) is 0 Å². The van der Waals surface area contributed by atoms with Crippen molar-refractivity contribution in [1.29, 1.82) is 0 Å². The first-order valence-electron chi connectivity index (χ1n) is 7.62. The summed E-state index contributed by atoms with van der Waals surface area (Å²) in [4.78, 5) is 14.2. The summed E-state index contributed by atoms with van der Waals surface area (Å²) in [5.41, 5.74) is 7.96. The van der Waals surface area contributed by atoms with Crippen LogP contribution in [-0.4, -0.2) is 36.9 Å². The predicted molar refractivity (Wildman–Crippen MR) is 83.5 cm³/mol. The molecule has 5 heteroatoms. The zero-order valence-corrected chi connectivity index (χ0v) is 12.5. The Bertz CT molecular complexity index is 486. The van der Waals surface area contributed by atoms with Crippen LogP contribution in [0.4, 0.5) is 11.4 Å². The first-order chi connectivity index (χ1) is 10.2. The second kappa shape index (κ2) is 7.31. The van der Waals surface area contributed by atoms with Crippen molar-refractivity contribution in [2.75, 3.05) is 30.4 Å². The normalized spacial score (nSPS) is 14.6. The molecule has 0 aliphatic heterocycles. The number of carbonyl (C=O) groups excluding carboxylic acids is 1. The molecule has 1 aromatic rings. The van der Waals surface area contributed by atoms with Crippen molar-refractivity contribution in [3.05, 3.63) is 23.8 Å². The molecule has 1 saturated carbocycles. The Balaban J connectivity index is 2.27. The second-order valence-electron chi connectivity index (χ2n) is 5.31. The predicted octanol–water partition coefficient (Wildman–Crippen LogP) is 2.19. The van der Waals surface area contributed by atoms with E-state index in [1.54, 1.807) is 13.0 Å². The number of aliphatic hydroxyl groups is 1. The van der Waals surface area contributed by atoms with E-state index < -0.39 is 0 Å². The van der Waals surface area contributed by atoms with Gasteiger partial charge in [-0.15, -0.1) is 0 Å². The van der Waals surface area contributed by atoms with Crippen LogP contribution in [0.1, 0.15) is 43.0 Å². The molecule has 0 unspecified atom stereocenters. The maximum absolute atomic E-state index is 11.9. The fraction of sp³-hybridized carbons (Fsp3) is 0.562. The third-order valence-corrected chi connectivity index (χ3v) is 3.96. The highest BCUT2D eigenvalue weighted by molar-refractivity contribution is 5.98. The lowest BCUT2D eigenvalue weighted by Crippen LogP contribution is -2.41. The molecule has 0 aromatic heterocycles. The van der Waals surface area contributed by atoms with Crippen LogP contribution < -0.4 is 10.6 Å². The number of rotatable bonds is 7. The highest BCUT2D eigenvalue weighted by atomic mass is 16.5. The molecule has 0 amide bonds. The maximum atomic E-state index is 11.9. The molecule has 5 nitrogen and oxygen atoms in total. The molecule has 0 spiro atoms. The number of anilines is 2. The van der Waals surface area contributed by atoms with Gasteiger partial charge in [-0.1, -0.05) is 6.07 Å². The highest BCUT2D eigenvalue weighted by Gasteiger charge is 2.27. The van der Waals surface area contributed by atoms with E-state index in [-0.39, 0.29) is 12.6 Å². The van der Waals surface area contributed by atoms with Crippen molar-refractivity contribution in [2.24, 2.45) is 0 Å². The molecule has 1 fully saturated rings. The Morgan fingerprint density at radius 3 is 2.81 bits per heavy atom. The lowest BCUT2D eigenvalue weighted by molar-refractivity contribution is 0.0527. The number of ether oxygens (including phenoxy) is 1. The van der Waals surface area contributed by atoms with Crippen molar-refractivity contribution in [2.45, 2.75) is 38.6 Å². The fourth-order valence-electron chi connectivity index (χ4n) is 2.63. The molecule has 3 N–H and O–H groups in total. The van der Waals surface area contributed by atoms with Crippen LogP contribution in [0, 0.1) is 0 Å². The van der Waals surface area contributed by atoms with Gasteiger partial charge in [-0.25, -0.2) is 4.79 Å². The molecular weight excluding hydrogens is 268 g/mol. The number of aliphatic hydroxyl groups excluding tert-OH is 1. The number of hydrogen-bond acceptors (Lipinski definition) is 5. The number of nitrogens with two attached hydrogens (primary N) is 1. The van der Waals surface area contributed by atoms with Gasteiger partial charge in [0.25, 0.3) is 0 Å². The van der Waals surface area contributed by atoms with Crippen LogP contribution in [-0.2, 0) is 4.74 Å². The van der Waals surface area contributed by atoms with E-state index >= 15 is 0 Å². The molecule has 0 heterocycles. The summed E-state index contributed by atoms with van der Waals surface area (Å²) in [6.07, 6.45) is 4.18. The van der Waals surface area contributed by atoms with Crippen LogP contribution in [0.15, 0.2) is 18.2 Å². The standard InChI is InChI=1S/C16H24N2O3/c1-2-21-16(20)13-8-4-9-14(15(13)17)18(10-5-11-19)12-6-3-7-12/h4,8-9,12,19H,2-3,5-7,10-11,17H2,1H3. The van der Waals surface area contributed by atoms with Gasteiger partial charge in [-0.3, -0.25) is 0 Å². The minimum atomic E-state index is -0.382. The second-order valence-corrected chi connectivity index (χ2v) is 5.31. The van der Waals surface area contributed by atoms with Gasteiger partial charge in [-0.05, 0) is 44.7 Å². The molecule has 0 bridgehead atoms. The number of benzene rings is 1. The molecule has 0 atom stereocenters. The smallest absolute Gasteiger partial charge is 0.340 e. The van der Waals surface area contributed by atoms with Gasteiger partial charge in [0.05, 0.1) is 23.5 Å². The van der Waals surface area contributed by atoms with Crippen molar-refractivity contribution in [1.82, 2.24) is 0 Å². The summed E-state index contributed by atoms with van der Waals surface area (Å²) in [5, 5.41) is 9.08. The molecule has 0 radical (unpaired) electrons. The zero-order valence-electron chi connectivity index (χ0n) is 12.5. The van der Waals surface area contributed by atoms with Gasteiger partial charge >= 0.3 is 5.97 Å². The summed E-state index contributed by atoms with van der Waals surface area (Å²) in [6.45, 7) is 3.01. The van der Waals surface area contributed by atoms with Crippen LogP contribution in [0.3, 0.4) is 0 Å². The van der Waals surface area contributed by atoms with Gasteiger partial charge in [0.1, 0.15) is 0 Å². The quantitative estimate of drug-likeness (QED) is 0.595. The lowest BCUT2D eigenvalue weighted by atomic mass is 9.90. The van der Waals surface area contributed by atoms with E-state index in [0.717, 1.165) is 25.1 Å². The fourth-order valence-corrected chi connectivity index (χ4v) is 2.63. The van der Waals surface area contributed by atoms with Crippen LogP contribution in [0.2, 0.25) is 0 Å². The number of nitrogen functional groups attached to an aromatic ring is 1.